The second-order valence-electron chi connectivity index (χ2n) is 10.4. The number of hydrazine groups is 1. The number of hydrogen-bond donors (Lipinski definition) is 3. The van der Waals surface area contributed by atoms with Gasteiger partial charge in [-0.1, -0.05) is 24.9 Å². The Labute approximate surface area is 244 Å². The number of anilines is 2. The molecule has 5 rings (SSSR count). The zero-order valence-electron chi connectivity index (χ0n) is 23.3. The number of amides is 2. The molecule has 0 spiro atoms. The second-order valence-corrected chi connectivity index (χ2v) is 10.8. The van der Waals surface area contributed by atoms with Gasteiger partial charge in [-0.15, -0.1) is 0 Å². The average molecular weight is 575 g/mol. The molecule has 214 valence electrons. The van der Waals surface area contributed by atoms with Crippen molar-refractivity contribution in [2.45, 2.75) is 52.1 Å². The van der Waals surface area contributed by atoms with Crippen LogP contribution >= 0.6 is 11.6 Å². The van der Waals surface area contributed by atoms with Crippen LogP contribution in [0.4, 0.5) is 11.4 Å². The molecule has 0 aliphatic carbocycles. The van der Waals surface area contributed by atoms with Crippen LogP contribution in [0.25, 0.3) is 16.8 Å². The number of rotatable bonds is 5. The van der Waals surface area contributed by atoms with E-state index in [4.69, 9.17) is 28.2 Å². The molecule has 2 bridgehead atoms. The summed E-state index contributed by atoms with van der Waals surface area (Å²) in [5, 5.41) is 9.53. The summed E-state index contributed by atoms with van der Waals surface area (Å²) >= 11 is 6.33. The van der Waals surface area contributed by atoms with E-state index in [1.165, 1.54) is 11.2 Å². The highest BCUT2D eigenvalue weighted by atomic mass is 35.5. The number of hydrogen-bond acceptors (Lipinski definition) is 7. The summed E-state index contributed by atoms with van der Waals surface area (Å²) in [6, 6.07) is 9.06. The average Bonchev–Trinajstić information content (AvgIpc) is 3.37. The van der Waals surface area contributed by atoms with Gasteiger partial charge in [-0.3, -0.25) is 24.3 Å². The highest BCUT2D eigenvalue weighted by molar-refractivity contribution is 6.31. The molecule has 2 aromatic heterocycles. The van der Waals surface area contributed by atoms with Gasteiger partial charge in [0.1, 0.15) is 0 Å². The fraction of sp³-hybridized carbons (Fsp3) is 0.333. The first-order valence-corrected chi connectivity index (χ1v) is 14.2. The van der Waals surface area contributed by atoms with Gasteiger partial charge in [-0.05, 0) is 62.1 Å². The van der Waals surface area contributed by atoms with Crippen LogP contribution in [0.2, 0.25) is 5.02 Å². The Hall–Kier alpha value is -4.15. The topological polar surface area (TPSA) is 135 Å². The van der Waals surface area contributed by atoms with Crippen molar-refractivity contribution in [2.24, 2.45) is 17.5 Å². The maximum atomic E-state index is 13.7. The molecule has 0 saturated carbocycles. The van der Waals surface area contributed by atoms with Crippen molar-refractivity contribution in [3.63, 3.8) is 0 Å². The van der Waals surface area contributed by atoms with Crippen molar-refractivity contribution in [1.82, 2.24) is 19.7 Å². The third-order valence-electron chi connectivity index (χ3n) is 7.76. The first-order valence-electron chi connectivity index (χ1n) is 13.9. The maximum Gasteiger partial charge on any atom is 0.247 e. The van der Waals surface area contributed by atoms with E-state index in [9.17, 15) is 9.59 Å². The summed E-state index contributed by atoms with van der Waals surface area (Å²) in [6.45, 7) is 5.09. The van der Waals surface area contributed by atoms with Gasteiger partial charge in [0.15, 0.2) is 0 Å². The van der Waals surface area contributed by atoms with E-state index in [-0.39, 0.29) is 23.8 Å². The van der Waals surface area contributed by atoms with Crippen LogP contribution in [0.3, 0.4) is 0 Å². The Bertz CT molecular complexity index is 1510. The fourth-order valence-corrected chi connectivity index (χ4v) is 5.78. The molecule has 2 atom stereocenters. The van der Waals surface area contributed by atoms with Gasteiger partial charge in [0.2, 0.25) is 11.8 Å². The van der Waals surface area contributed by atoms with Gasteiger partial charge in [-0.2, -0.15) is 5.10 Å². The number of nitrogens with one attached hydrogen (secondary N) is 1. The SMILES string of the molecule is CCn1ncc2c1-c1ccnc(c1)[C@@H](N1CCC(c3cc(Cl)ccc3N(N)/C=C\N)=CC1=O)CCC[C@@H](C)C(=O)N2. The highest BCUT2D eigenvalue weighted by Gasteiger charge is 2.31. The molecule has 3 aromatic rings. The van der Waals surface area contributed by atoms with E-state index in [1.54, 1.807) is 30.7 Å². The van der Waals surface area contributed by atoms with Gasteiger partial charge in [0.25, 0.3) is 0 Å². The smallest absolute Gasteiger partial charge is 0.247 e. The van der Waals surface area contributed by atoms with Crippen LogP contribution in [0, 0.1) is 5.92 Å². The molecule has 2 aliphatic rings. The summed E-state index contributed by atoms with van der Waals surface area (Å²) in [7, 11) is 0. The normalized spacial score (nSPS) is 19.7. The first-order chi connectivity index (χ1) is 19.8. The lowest BCUT2D eigenvalue weighted by molar-refractivity contribution is -0.129. The van der Waals surface area contributed by atoms with Crippen molar-refractivity contribution in [3.05, 3.63) is 77.5 Å². The molecule has 1 aromatic carbocycles. The van der Waals surface area contributed by atoms with Gasteiger partial charge in [-0.25, -0.2) is 5.84 Å². The molecule has 0 fully saturated rings. The molecule has 0 saturated heterocycles. The minimum absolute atomic E-state index is 0.0364. The Morgan fingerprint density at radius 1 is 1.22 bits per heavy atom. The second kappa shape index (κ2) is 12.2. The van der Waals surface area contributed by atoms with E-state index in [0.717, 1.165) is 34.5 Å². The molecule has 10 nitrogen and oxygen atoms in total. The predicted molar refractivity (Wildman–Crippen MR) is 161 cm³/mol. The monoisotopic (exact) mass is 574 g/mol. The zero-order valence-corrected chi connectivity index (χ0v) is 24.0. The molecule has 2 amide bonds. The van der Waals surface area contributed by atoms with Crippen LogP contribution in [0.15, 0.2) is 61.2 Å². The minimum atomic E-state index is -0.249. The number of carbonyl (C=O) groups excluding carboxylic acids is 2. The van der Waals surface area contributed by atoms with Crippen molar-refractivity contribution < 1.29 is 9.59 Å². The standard InChI is InChI=1S/C30H35ClN8O2/c1-3-39-29-21-9-12-34-24(15-21)27(6-4-5-19(2)30(41)36-25(29)18-35-39)37-13-10-20(16-28(37)40)23-17-22(31)7-8-26(23)38(33)14-11-32/h7-9,11-12,14-19,27H,3-6,10,13,32-33H2,1-2H3,(H,36,41)/b14-11-/t19-,27+/m1/s1. The fourth-order valence-electron chi connectivity index (χ4n) is 5.61. The summed E-state index contributed by atoms with van der Waals surface area (Å²) in [4.78, 5) is 33.4. The number of aryl methyl sites for hydroxylation is 1. The van der Waals surface area contributed by atoms with Gasteiger partial charge in [0, 0.05) is 59.8 Å². The Morgan fingerprint density at radius 2 is 2.05 bits per heavy atom. The Kier molecular flexibility index (Phi) is 8.41. The third kappa shape index (κ3) is 5.84. The Morgan fingerprint density at radius 3 is 2.80 bits per heavy atom. The van der Waals surface area contributed by atoms with E-state index in [2.05, 4.69) is 10.4 Å². The number of pyridine rings is 1. The number of aromatic nitrogens is 3. The summed E-state index contributed by atoms with van der Waals surface area (Å²) < 4.78 is 1.87. The molecular formula is C30H35ClN8O2. The van der Waals surface area contributed by atoms with E-state index >= 15 is 0 Å². The molecule has 11 heteroatoms. The van der Waals surface area contributed by atoms with Crippen molar-refractivity contribution in [3.8, 4) is 11.3 Å². The largest absolute Gasteiger partial charge is 0.403 e. The number of fused-ring (bicyclic) bond motifs is 4. The highest BCUT2D eigenvalue weighted by Crippen LogP contribution is 2.38. The molecule has 0 radical (unpaired) electrons. The predicted octanol–water partition coefficient (Wildman–Crippen LogP) is 4.84. The lowest BCUT2D eigenvalue weighted by Gasteiger charge is -2.35. The number of carbonyl (C=O) groups is 2. The van der Waals surface area contributed by atoms with Crippen molar-refractivity contribution in [2.75, 3.05) is 16.9 Å². The molecule has 41 heavy (non-hydrogen) atoms. The summed E-state index contributed by atoms with van der Waals surface area (Å²) in [6.07, 6.45) is 10.8. The molecule has 0 unspecified atom stereocenters. The summed E-state index contributed by atoms with van der Waals surface area (Å²) in [5.74, 6) is 5.85. The third-order valence-corrected chi connectivity index (χ3v) is 8.00. The van der Waals surface area contributed by atoms with Gasteiger partial charge < -0.3 is 16.0 Å². The molecular weight excluding hydrogens is 540 g/mol. The van der Waals surface area contributed by atoms with Crippen LogP contribution < -0.4 is 21.9 Å². The van der Waals surface area contributed by atoms with Crippen molar-refractivity contribution in [1.29, 1.82) is 0 Å². The lowest BCUT2D eigenvalue weighted by Crippen LogP contribution is -2.38. The quantitative estimate of drug-likeness (QED) is 0.293. The summed E-state index contributed by atoms with van der Waals surface area (Å²) in [5.41, 5.74) is 11.1. The number of nitrogens with zero attached hydrogens (tertiary/aromatic N) is 5. The first kappa shape index (κ1) is 28.4. The number of nitrogens with two attached hydrogens (primary N) is 2. The van der Waals surface area contributed by atoms with Gasteiger partial charge in [0.05, 0.1) is 35.0 Å². The molecule has 4 heterocycles. The van der Waals surface area contributed by atoms with E-state index < -0.39 is 0 Å². The van der Waals surface area contributed by atoms with E-state index in [1.807, 2.05) is 47.7 Å². The number of halogens is 1. The van der Waals surface area contributed by atoms with Gasteiger partial charge >= 0.3 is 0 Å². The van der Waals surface area contributed by atoms with Crippen LogP contribution in [-0.2, 0) is 16.1 Å². The zero-order chi connectivity index (χ0) is 29.1. The Balaban J connectivity index is 1.52. The lowest BCUT2D eigenvalue weighted by atomic mass is 9.93. The van der Waals surface area contributed by atoms with Crippen LogP contribution in [0.1, 0.15) is 56.8 Å². The van der Waals surface area contributed by atoms with Crippen molar-refractivity contribution >= 4 is 40.4 Å². The van der Waals surface area contributed by atoms with E-state index in [0.29, 0.717) is 48.7 Å². The minimum Gasteiger partial charge on any atom is -0.403 e. The van der Waals surface area contributed by atoms with Crippen LogP contribution in [-0.4, -0.2) is 38.0 Å². The van der Waals surface area contributed by atoms with Crippen LogP contribution in [0.5, 0.6) is 0 Å². The molecule has 2 aliphatic heterocycles. The molecule has 5 N–H and O–H groups in total. The number of benzene rings is 1. The maximum absolute atomic E-state index is 13.7.